The van der Waals surface area contributed by atoms with Gasteiger partial charge in [-0.3, -0.25) is 5.32 Å². The number of hydrogen-bond acceptors (Lipinski definition) is 3. The highest BCUT2D eigenvalue weighted by molar-refractivity contribution is 4.90. The second-order valence-corrected chi connectivity index (χ2v) is 5.20. The van der Waals surface area contributed by atoms with Gasteiger partial charge in [-0.25, -0.2) is 0 Å². The highest BCUT2D eigenvalue weighted by atomic mass is 16.5. The van der Waals surface area contributed by atoms with Crippen LogP contribution >= 0.6 is 0 Å². The predicted octanol–water partition coefficient (Wildman–Crippen LogP) is 1.98. The molecule has 2 aliphatic heterocycles. The summed E-state index contributed by atoms with van der Waals surface area (Å²) in [6, 6.07) is 0.687. The Morgan fingerprint density at radius 3 is 2.69 bits per heavy atom. The lowest BCUT2D eigenvalue weighted by Crippen LogP contribution is -2.61. The van der Waals surface area contributed by atoms with Gasteiger partial charge >= 0.3 is 0 Å². The molecular weight excluding hydrogens is 200 g/mol. The molecule has 0 aromatic rings. The summed E-state index contributed by atoms with van der Waals surface area (Å²) in [6.07, 6.45) is 6.06. The van der Waals surface area contributed by atoms with Crippen LogP contribution in [0.5, 0.6) is 0 Å². The molecule has 0 saturated carbocycles. The summed E-state index contributed by atoms with van der Waals surface area (Å²) in [7, 11) is 0. The summed E-state index contributed by atoms with van der Waals surface area (Å²) < 4.78 is 6.04. The van der Waals surface area contributed by atoms with Gasteiger partial charge in [0, 0.05) is 32.0 Å². The molecule has 0 aliphatic carbocycles. The molecule has 2 saturated heterocycles. The lowest BCUT2D eigenvalue weighted by Gasteiger charge is -2.47. The molecule has 0 aromatic heterocycles. The second kappa shape index (κ2) is 5.48. The van der Waals surface area contributed by atoms with E-state index in [-0.39, 0.29) is 5.72 Å². The van der Waals surface area contributed by atoms with Crippen LogP contribution in [-0.4, -0.2) is 42.9 Å². The average Bonchev–Trinajstić information content (AvgIpc) is 2.31. The Morgan fingerprint density at radius 2 is 2.06 bits per heavy atom. The van der Waals surface area contributed by atoms with Crippen molar-refractivity contribution in [2.24, 2.45) is 0 Å². The molecule has 0 amide bonds. The lowest BCUT2D eigenvalue weighted by molar-refractivity contribution is -0.139. The number of ether oxygens (including phenoxy) is 1. The number of hydrogen-bond donors (Lipinski definition) is 1. The van der Waals surface area contributed by atoms with Gasteiger partial charge in [0.05, 0.1) is 6.61 Å². The Hall–Kier alpha value is -0.120. The summed E-state index contributed by atoms with van der Waals surface area (Å²) in [4.78, 5) is 2.51. The van der Waals surface area contributed by atoms with Gasteiger partial charge in [0.15, 0.2) is 0 Å². The van der Waals surface area contributed by atoms with Crippen molar-refractivity contribution in [2.45, 2.75) is 57.7 Å². The van der Waals surface area contributed by atoms with E-state index in [1.807, 2.05) is 0 Å². The monoisotopic (exact) mass is 226 g/mol. The molecule has 2 heterocycles. The summed E-state index contributed by atoms with van der Waals surface area (Å²) in [6.45, 7) is 9.00. The Morgan fingerprint density at radius 1 is 1.31 bits per heavy atom. The Bertz CT molecular complexity index is 210. The summed E-state index contributed by atoms with van der Waals surface area (Å²) >= 11 is 0. The largest absolute Gasteiger partial charge is 0.360 e. The van der Waals surface area contributed by atoms with Crippen molar-refractivity contribution in [3.8, 4) is 0 Å². The van der Waals surface area contributed by atoms with Crippen LogP contribution in [0, 0.1) is 0 Å². The van der Waals surface area contributed by atoms with E-state index in [2.05, 4.69) is 24.1 Å². The van der Waals surface area contributed by atoms with Crippen LogP contribution in [0.1, 0.15) is 46.0 Å². The van der Waals surface area contributed by atoms with Gasteiger partial charge in [-0.05, 0) is 19.4 Å². The molecule has 0 bridgehead atoms. The topological polar surface area (TPSA) is 24.5 Å². The first-order valence-electron chi connectivity index (χ1n) is 6.92. The van der Waals surface area contributed by atoms with Crippen molar-refractivity contribution in [3.63, 3.8) is 0 Å². The Kier molecular flexibility index (Phi) is 4.22. The summed E-state index contributed by atoms with van der Waals surface area (Å²) in [5.74, 6) is 0. The number of nitrogens with zero attached hydrogens (tertiary/aromatic N) is 1. The van der Waals surface area contributed by atoms with Crippen LogP contribution in [-0.2, 0) is 4.74 Å². The first-order chi connectivity index (χ1) is 7.78. The van der Waals surface area contributed by atoms with E-state index in [1.54, 1.807) is 0 Å². The fourth-order valence-electron chi connectivity index (χ4n) is 2.97. The molecule has 0 radical (unpaired) electrons. The molecule has 2 aliphatic rings. The maximum atomic E-state index is 6.04. The van der Waals surface area contributed by atoms with Crippen molar-refractivity contribution in [1.82, 2.24) is 10.2 Å². The van der Waals surface area contributed by atoms with Crippen LogP contribution in [0.3, 0.4) is 0 Å². The van der Waals surface area contributed by atoms with Gasteiger partial charge in [-0.2, -0.15) is 0 Å². The molecule has 3 heteroatoms. The highest BCUT2D eigenvalue weighted by Crippen LogP contribution is 2.28. The minimum absolute atomic E-state index is 0.0176. The fraction of sp³-hybridized carbons (Fsp3) is 1.00. The van der Waals surface area contributed by atoms with Crippen molar-refractivity contribution in [1.29, 1.82) is 0 Å². The molecule has 2 rings (SSSR count). The predicted molar refractivity (Wildman–Crippen MR) is 66.5 cm³/mol. The van der Waals surface area contributed by atoms with Gasteiger partial charge in [0.2, 0.25) is 0 Å². The minimum atomic E-state index is 0.0176. The molecule has 0 aromatic carbocycles. The van der Waals surface area contributed by atoms with Crippen molar-refractivity contribution in [2.75, 3.05) is 26.2 Å². The standard InChI is InChI=1S/C13H26N2O/c1-3-5-12-6-11-16-13(14-12)7-9-15(4-2)10-8-13/h12,14H,3-11H2,1-2H3. The molecule has 16 heavy (non-hydrogen) atoms. The van der Waals surface area contributed by atoms with Crippen molar-refractivity contribution < 1.29 is 4.74 Å². The zero-order valence-electron chi connectivity index (χ0n) is 10.8. The minimum Gasteiger partial charge on any atom is -0.360 e. The van der Waals surface area contributed by atoms with Crippen LogP contribution in [0.2, 0.25) is 0 Å². The zero-order chi connectivity index (χ0) is 11.4. The van der Waals surface area contributed by atoms with E-state index >= 15 is 0 Å². The molecule has 1 atom stereocenters. The molecular formula is C13H26N2O. The van der Waals surface area contributed by atoms with Crippen LogP contribution in [0.25, 0.3) is 0 Å². The van der Waals surface area contributed by atoms with Gasteiger partial charge in [0.25, 0.3) is 0 Å². The average molecular weight is 226 g/mol. The van der Waals surface area contributed by atoms with E-state index in [0.717, 1.165) is 19.4 Å². The molecule has 2 fully saturated rings. The third-order valence-corrected chi connectivity index (χ3v) is 4.06. The van der Waals surface area contributed by atoms with Crippen molar-refractivity contribution in [3.05, 3.63) is 0 Å². The summed E-state index contributed by atoms with van der Waals surface area (Å²) in [5.41, 5.74) is 0.0176. The summed E-state index contributed by atoms with van der Waals surface area (Å²) in [5, 5.41) is 3.77. The maximum absolute atomic E-state index is 6.04. The SMILES string of the molecule is CCCC1CCOC2(CCN(CC)CC2)N1. The second-order valence-electron chi connectivity index (χ2n) is 5.20. The van der Waals surface area contributed by atoms with E-state index < -0.39 is 0 Å². The van der Waals surface area contributed by atoms with E-state index in [1.165, 1.54) is 38.9 Å². The quantitative estimate of drug-likeness (QED) is 0.796. The molecule has 94 valence electrons. The fourth-order valence-corrected chi connectivity index (χ4v) is 2.97. The third kappa shape index (κ3) is 2.76. The number of nitrogens with one attached hydrogen (secondary N) is 1. The number of piperidine rings is 1. The van der Waals surface area contributed by atoms with Crippen molar-refractivity contribution >= 4 is 0 Å². The van der Waals surface area contributed by atoms with E-state index in [4.69, 9.17) is 4.74 Å². The van der Waals surface area contributed by atoms with E-state index in [9.17, 15) is 0 Å². The molecule has 1 N–H and O–H groups in total. The third-order valence-electron chi connectivity index (χ3n) is 4.06. The van der Waals surface area contributed by atoms with Crippen LogP contribution in [0.4, 0.5) is 0 Å². The molecule has 3 nitrogen and oxygen atoms in total. The molecule has 1 unspecified atom stereocenters. The smallest absolute Gasteiger partial charge is 0.121 e. The number of rotatable bonds is 3. The number of likely N-dealkylation sites (tertiary alicyclic amines) is 1. The molecule has 1 spiro atoms. The Balaban J connectivity index is 1.88. The zero-order valence-corrected chi connectivity index (χ0v) is 10.8. The lowest BCUT2D eigenvalue weighted by atomic mass is 9.95. The van der Waals surface area contributed by atoms with Gasteiger partial charge in [-0.1, -0.05) is 20.3 Å². The first kappa shape index (κ1) is 12.3. The maximum Gasteiger partial charge on any atom is 0.121 e. The Labute approximate surface area is 99.5 Å². The highest BCUT2D eigenvalue weighted by Gasteiger charge is 2.38. The van der Waals surface area contributed by atoms with E-state index in [0.29, 0.717) is 6.04 Å². The van der Waals surface area contributed by atoms with Crippen LogP contribution < -0.4 is 5.32 Å². The van der Waals surface area contributed by atoms with Gasteiger partial charge in [-0.15, -0.1) is 0 Å². The van der Waals surface area contributed by atoms with Crippen LogP contribution in [0.15, 0.2) is 0 Å². The van der Waals surface area contributed by atoms with Gasteiger partial charge < -0.3 is 9.64 Å². The van der Waals surface area contributed by atoms with Gasteiger partial charge in [0.1, 0.15) is 5.72 Å². The normalized spacial score (nSPS) is 30.8. The first-order valence-corrected chi connectivity index (χ1v) is 6.92.